The second kappa shape index (κ2) is 4.94. The number of benzene rings is 1. The van der Waals surface area contributed by atoms with E-state index in [0.29, 0.717) is 0 Å². The van der Waals surface area contributed by atoms with Crippen molar-refractivity contribution in [3.05, 3.63) is 24.0 Å². The summed E-state index contributed by atoms with van der Waals surface area (Å²) < 4.78 is 37.4. The summed E-state index contributed by atoms with van der Waals surface area (Å²) in [6.07, 6.45) is 0.148. The van der Waals surface area contributed by atoms with E-state index in [-0.39, 0.29) is 22.8 Å². The molecule has 2 N–H and O–H groups in total. The fourth-order valence-electron chi connectivity index (χ4n) is 1.32. The fraction of sp³-hybridized carbons (Fsp3) is 0.417. The van der Waals surface area contributed by atoms with Gasteiger partial charge < -0.3 is 5.73 Å². The van der Waals surface area contributed by atoms with E-state index in [1.54, 1.807) is 13.8 Å². The van der Waals surface area contributed by atoms with Crippen LogP contribution in [0.1, 0.15) is 20.3 Å². The van der Waals surface area contributed by atoms with Crippen LogP contribution in [0.3, 0.4) is 0 Å². The summed E-state index contributed by atoms with van der Waals surface area (Å²) in [5.74, 6) is -1.13. The Morgan fingerprint density at radius 1 is 1.44 bits per heavy atom. The number of nitrogens with two attached hydrogens (primary N) is 1. The van der Waals surface area contributed by atoms with Crippen molar-refractivity contribution in [1.82, 2.24) is 0 Å². The largest absolute Gasteiger partial charge is 0.399 e. The average molecular weight is 270 g/mol. The van der Waals surface area contributed by atoms with Crippen LogP contribution in [-0.2, 0) is 9.84 Å². The van der Waals surface area contributed by atoms with E-state index in [2.05, 4.69) is 0 Å². The summed E-state index contributed by atoms with van der Waals surface area (Å²) in [6.45, 7) is 3.28. The minimum absolute atomic E-state index is 0.148. The molecule has 1 rings (SSSR count). The van der Waals surface area contributed by atoms with Gasteiger partial charge in [0, 0.05) is 5.69 Å². The van der Waals surface area contributed by atoms with Gasteiger partial charge in [-0.25, -0.2) is 12.8 Å². The molecule has 0 spiro atoms. The van der Waals surface area contributed by atoms with E-state index in [1.165, 1.54) is 6.07 Å². The third-order valence-electron chi connectivity index (χ3n) is 2.59. The smallest absolute Gasteiger partial charge is 0.181 e. The Morgan fingerprint density at radius 3 is 2.56 bits per heavy atom. The normalized spacial score (nSPS) is 12.1. The molecular weight excluding hydrogens is 255 g/mol. The summed E-state index contributed by atoms with van der Waals surface area (Å²) in [5, 5.41) is 8.82. The van der Waals surface area contributed by atoms with Gasteiger partial charge in [0.05, 0.1) is 17.2 Å². The zero-order chi connectivity index (χ0) is 14.0. The summed E-state index contributed by atoms with van der Waals surface area (Å²) in [6, 6.07) is 5.48. The third-order valence-corrected chi connectivity index (χ3v) is 4.33. The van der Waals surface area contributed by atoms with E-state index < -0.39 is 21.1 Å². The molecule has 0 aliphatic heterocycles. The lowest BCUT2D eigenvalue weighted by molar-refractivity contribution is 0.472. The van der Waals surface area contributed by atoms with E-state index in [1.807, 2.05) is 6.07 Å². The van der Waals surface area contributed by atoms with Crippen molar-refractivity contribution in [3.8, 4) is 6.07 Å². The van der Waals surface area contributed by atoms with E-state index in [0.717, 1.165) is 12.1 Å². The molecule has 0 amide bonds. The van der Waals surface area contributed by atoms with Gasteiger partial charge in [0.25, 0.3) is 0 Å². The van der Waals surface area contributed by atoms with Gasteiger partial charge in [-0.05, 0) is 38.5 Å². The van der Waals surface area contributed by atoms with Gasteiger partial charge in [-0.2, -0.15) is 5.26 Å². The zero-order valence-corrected chi connectivity index (χ0v) is 11.1. The minimum atomic E-state index is -3.73. The Hall–Kier alpha value is -1.61. The number of halogens is 1. The van der Waals surface area contributed by atoms with E-state index in [9.17, 15) is 12.8 Å². The van der Waals surface area contributed by atoms with Gasteiger partial charge in [0.1, 0.15) is 10.7 Å². The topological polar surface area (TPSA) is 84.0 Å². The van der Waals surface area contributed by atoms with Gasteiger partial charge >= 0.3 is 0 Å². The average Bonchev–Trinajstić information content (AvgIpc) is 2.26. The van der Waals surface area contributed by atoms with Crippen LogP contribution in [0.5, 0.6) is 0 Å². The van der Waals surface area contributed by atoms with Gasteiger partial charge in [-0.15, -0.1) is 0 Å². The summed E-state index contributed by atoms with van der Waals surface area (Å²) in [4.78, 5) is -0.370. The Labute approximate surface area is 106 Å². The fourth-order valence-corrected chi connectivity index (χ4v) is 2.96. The number of hydrogen-bond acceptors (Lipinski definition) is 4. The van der Waals surface area contributed by atoms with Crippen molar-refractivity contribution in [1.29, 1.82) is 5.26 Å². The van der Waals surface area contributed by atoms with Gasteiger partial charge in [0.2, 0.25) is 0 Å². The predicted molar refractivity (Wildman–Crippen MR) is 66.9 cm³/mol. The molecule has 0 saturated heterocycles. The first kappa shape index (κ1) is 14.5. The van der Waals surface area contributed by atoms with Crippen molar-refractivity contribution in [2.24, 2.45) is 5.41 Å². The van der Waals surface area contributed by atoms with Crippen LogP contribution in [-0.4, -0.2) is 14.2 Å². The van der Waals surface area contributed by atoms with E-state index >= 15 is 0 Å². The number of sulfone groups is 1. The molecule has 4 nitrogen and oxygen atoms in total. The quantitative estimate of drug-likeness (QED) is 0.849. The molecule has 6 heteroatoms. The lowest BCUT2D eigenvalue weighted by Crippen LogP contribution is -2.17. The molecule has 0 heterocycles. The molecule has 1 aromatic rings. The number of nitrogens with zero attached hydrogens (tertiary/aromatic N) is 1. The third kappa shape index (κ3) is 3.44. The first-order chi connectivity index (χ1) is 8.18. The monoisotopic (exact) mass is 270 g/mol. The maximum atomic E-state index is 13.5. The highest BCUT2D eigenvalue weighted by Gasteiger charge is 2.24. The molecule has 0 bridgehead atoms. The van der Waals surface area contributed by atoms with Crippen molar-refractivity contribution < 1.29 is 12.8 Å². The molecule has 0 aliphatic rings. The molecule has 0 unspecified atom stereocenters. The second-order valence-electron chi connectivity index (χ2n) is 4.75. The molecule has 0 fully saturated rings. The van der Waals surface area contributed by atoms with Crippen molar-refractivity contribution >= 4 is 15.5 Å². The highest BCUT2D eigenvalue weighted by molar-refractivity contribution is 7.91. The lowest BCUT2D eigenvalue weighted by atomic mass is 9.93. The SMILES string of the molecule is CC(C)(C#N)CCS(=O)(=O)c1ccc(N)cc1F. The van der Waals surface area contributed by atoms with Crippen molar-refractivity contribution in [2.75, 3.05) is 11.5 Å². The summed E-state index contributed by atoms with van der Waals surface area (Å²) >= 11 is 0. The highest BCUT2D eigenvalue weighted by atomic mass is 32.2. The Balaban J connectivity index is 2.98. The summed E-state index contributed by atoms with van der Waals surface area (Å²) in [5.41, 5.74) is 4.78. The zero-order valence-electron chi connectivity index (χ0n) is 10.3. The van der Waals surface area contributed by atoms with Crippen molar-refractivity contribution in [3.63, 3.8) is 0 Å². The van der Waals surface area contributed by atoms with Crippen LogP contribution in [0.15, 0.2) is 23.1 Å². The molecule has 18 heavy (non-hydrogen) atoms. The molecule has 0 saturated carbocycles. The molecule has 0 atom stereocenters. The minimum Gasteiger partial charge on any atom is -0.399 e. The maximum absolute atomic E-state index is 13.5. The number of nitriles is 1. The van der Waals surface area contributed by atoms with Gasteiger partial charge in [-0.3, -0.25) is 0 Å². The molecular formula is C12H15FN2O2S. The first-order valence-electron chi connectivity index (χ1n) is 5.37. The Kier molecular flexibility index (Phi) is 3.97. The predicted octanol–water partition coefficient (Wildman–Crippen LogP) is 2.12. The Bertz CT molecular complexity index is 589. The number of nitrogen functional groups attached to an aromatic ring is 1. The van der Waals surface area contributed by atoms with Gasteiger partial charge in [0.15, 0.2) is 9.84 Å². The Morgan fingerprint density at radius 2 is 2.06 bits per heavy atom. The van der Waals surface area contributed by atoms with Crippen LogP contribution in [0.25, 0.3) is 0 Å². The lowest BCUT2D eigenvalue weighted by Gasteiger charge is -2.15. The highest BCUT2D eigenvalue weighted by Crippen LogP contribution is 2.24. The van der Waals surface area contributed by atoms with Crippen LogP contribution >= 0.6 is 0 Å². The molecule has 0 aliphatic carbocycles. The maximum Gasteiger partial charge on any atom is 0.181 e. The molecule has 98 valence electrons. The van der Waals surface area contributed by atoms with Crippen LogP contribution < -0.4 is 5.73 Å². The van der Waals surface area contributed by atoms with E-state index in [4.69, 9.17) is 11.0 Å². The summed E-state index contributed by atoms with van der Waals surface area (Å²) in [7, 11) is -3.73. The number of hydrogen-bond donors (Lipinski definition) is 1. The van der Waals surface area contributed by atoms with Crippen LogP contribution in [0.4, 0.5) is 10.1 Å². The number of anilines is 1. The molecule has 0 radical (unpaired) electrons. The first-order valence-corrected chi connectivity index (χ1v) is 7.02. The number of rotatable bonds is 4. The van der Waals surface area contributed by atoms with Crippen LogP contribution in [0.2, 0.25) is 0 Å². The van der Waals surface area contributed by atoms with Crippen molar-refractivity contribution in [2.45, 2.75) is 25.2 Å². The van der Waals surface area contributed by atoms with Crippen LogP contribution in [0, 0.1) is 22.6 Å². The molecule has 1 aromatic carbocycles. The molecule has 0 aromatic heterocycles. The standard InChI is InChI=1S/C12H15FN2O2S/c1-12(2,8-14)5-6-18(16,17)11-4-3-9(15)7-10(11)13/h3-4,7H,5-6,15H2,1-2H3. The van der Waals surface area contributed by atoms with Gasteiger partial charge in [-0.1, -0.05) is 0 Å². The second-order valence-corrected chi connectivity index (χ2v) is 6.83.